The molecule has 1 aliphatic carbocycles. The van der Waals surface area contributed by atoms with Gasteiger partial charge in [-0.1, -0.05) is 22.4 Å². The first-order valence-corrected chi connectivity index (χ1v) is 7.11. The summed E-state index contributed by atoms with van der Waals surface area (Å²) >= 11 is 3.62. The maximum atomic E-state index is 11.9. The topological polar surface area (TPSA) is 62.0 Å². The van der Waals surface area contributed by atoms with Gasteiger partial charge >= 0.3 is 0 Å². The minimum Gasteiger partial charge on any atom is -0.364 e. The fourth-order valence-electron chi connectivity index (χ4n) is 2.29. The van der Waals surface area contributed by atoms with Crippen LogP contribution in [0, 0.1) is 12.8 Å². The van der Waals surface area contributed by atoms with Crippen LogP contribution < -0.4 is 10.7 Å². The minimum absolute atomic E-state index is 0.185. The summed E-state index contributed by atoms with van der Waals surface area (Å²) in [6, 6.07) is 1.44. The monoisotopic (exact) mass is 312 g/mol. The van der Waals surface area contributed by atoms with Crippen LogP contribution in [0.1, 0.15) is 35.3 Å². The van der Waals surface area contributed by atoms with Crippen molar-refractivity contribution in [1.29, 1.82) is 0 Å². The molecule has 1 aromatic heterocycles. The molecule has 1 heterocycles. The Kier molecular flexibility index (Phi) is 4.22. The molecule has 18 heavy (non-hydrogen) atoms. The van der Waals surface area contributed by atoms with Gasteiger partial charge in [-0.3, -0.25) is 9.59 Å². The molecule has 0 aromatic carbocycles. The van der Waals surface area contributed by atoms with Crippen molar-refractivity contribution in [3.8, 4) is 0 Å². The van der Waals surface area contributed by atoms with Crippen molar-refractivity contribution in [2.24, 2.45) is 5.92 Å². The smallest absolute Gasteiger partial charge is 0.256 e. The summed E-state index contributed by atoms with van der Waals surface area (Å²) in [7, 11) is 0. The third-order valence-electron chi connectivity index (χ3n) is 3.39. The van der Waals surface area contributed by atoms with Crippen molar-refractivity contribution in [2.75, 3.05) is 6.54 Å². The minimum atomic E-state index is -0.289. The van der Waals surface area contributed by atoms with Gasteiger partial charge in [-0.15, -0.1) is 0 Å². The van der Waals surface area contributed by atoms with E-state index in [1.54, 1.807) is 6.92 Å². The molecular weight excluding hydrogens is 296 g/mol. The maximum Gasteiger partial charge on any atom is 0.256 e. The summed E-state index contributed by atoms with van der Waals surface area (Å²) in [5.41, 5.74) is 0.711. The third-order valence-corrected chi connectivity index (χ3v) is 4.60. The highest BCUT2D eigenvalue weighted by Gasteiger charge is 2.25. The number of pyridine rings is 1. The fraction of sp³-hybridized carbons (Fsp3) is 0.538. The number of hydrogen-bond donors (Lipinski definition) is 2. The van der Waals surface area contributed by atoms with E-state index in [1.165, 1.54) is 18.7 Å². The van der Waals surface area contributed by atoms with E-state index in [0.29, 0.717) is 17.3 Å². The van der Waals surface area contributed by atoms with Gasteiger partial charge in [0.25, 0.3) is 5.91 Å². The van der Waals surface area contributed by atoms with Gasteiger partial charge in [0.1, 0.15) is 5.56 Å². The van der Waals surface area contributed by atoms with E-state index in [2.05, 4.69) is 26.2 Å². The Morgan fingerprint density at radius 2 is 2.33 bits per heavy atom. The van der Waals surface area contributed by atoms with Crippen LogP contribution in [-0.4, -0.2) is 22.3 Å². The van der Waals surface area contributed by atoms with Gasteiger partial charge in [0.05, 0.1) is 0 Å². The normalized spacial score (nSPS) is 23.0. The number of amides is 1. The molecule has 0 radical (unpaired) electrons. The van der Waals surface area contributed by atoms with E-state index >= 15 is 0 Å². The number of rotatable bonds is 3. The number of hydrogen-bond acceptors (Lipinski definition) is 2. The van der Waals surface area contributed by atoms with E-state index in [1.807, 2.05) is 0 Å². The molecule has 1 saturated carbocycles. The van der Waals surface area contributed by atoms with Crippen molar-refractivity contribution >= 4 is 21.8 Å². The second-order valence-electron chi connectivity index (χ2n) is 4.81. The lowest BCUT2D eigenvalue weighted by atomic mass is 10.1. The van der Waals surface area contributed by atoms with Crippen LogP contribution >= 0.6 is 15.9 Å². The average Bonchev–Trinajstić information content (AvgIpc) is 2.72. The molecule has 98 valence electrons. The van der Waals surface area contributed by atoms with Crippen molar-refractivity contribution < 1.29 is 4.79 Å². The van der Waals surface area contributed by atoms with Crippen LogP contribution in [0.3, 0.4) is 0 Å². The number of H-pyrrole nitrogens is 1. The predicted octanol–water partition coefficient (Wildman–Crippen LogP) is 1.98. The summed E-state index contributed by atoms with van der Waals surface area (Å²) in [4.78, 5) is 26.9. The highest BCUT2D eigenvalue weighted by Crippen LogP contribution is 2.30. The molecule has 5 heteroatoms. The Morgan fingerprint density at radius 1 is 1.56 bits per heavy atom. The van der Waals surface area contributed by atoms with Gasteiger partial charge in [0.2, 0.25) is 0 Å². The lowest BCUT2D eigenvalue weighted by Crippen LogP contribution is -2.33. The average molecular weight is 313 g/mol. The number of halogens is 1. The first kappa shape index (κ1) is 13.3. The van der Waals surface area contributed by atoms with Gasteiger partial charge in [0, 0.05) is 29.3 Å². The number of nitrogens with one attached hydrogen (secondary N) is 2. The largest absolute Gasteiger partial charge is 0.364 e. The molecule has 2 unspecified atom stereocenters. The Hall–Kier alpha value is -1.10. The fourth-order valence-corrected chi connectivity index (χ4v) is 3.07. The van der Waals surface area contributed by atoms with Crippen molar-refractivity contribution in [2.45, 2.75) is 31.0 Å². The summed E-state index contributed by atoms with van der Waals surface area (Å²) in [6.45, 7) is 2.42. The second kappa shape index (κ2) is 5.69. The van der Waals surface area contributed by atoms with Crippen LogP contribution in [0.2, 0.25) is 0 Å². The molecule has 0 saturated heterocycles. The summed E-state index contributed by atoms with van der Waals surface area (Å²) < 4.78 is 0. The molecular formula is C13H17BrN2O2. The zero-order valence-corrected chi connectivity index (χ0v) is 11.9. The van der Waals surface area contributed by atoms with E-state index < -0.39 is 0 Å². The lowest BCUT2D eigenvalue weighted by molar-refractivity contribution is 0.0946. The van der Waals surface area contributed by atoms with E-state index in [9.17, 15) is 9.59 Å². The molecule has 4 nitrogen and oxygen atoms in total. The van der Waals surface area contributed by atoms with E-state index in [4.69, 9.17) is 0 Å². The molecule has 1 fully saturated rings. The quantitative estimate of drug-likeness (QED) is 0.838. The van der Waals surface area contributed by atoms with Crippen LogP contribution in [0.15, 0.2) is 17.1 Å². The molecule has 0 spiro atoms. The van der Waals surface area contributed by atoms with Crippen molar-refractivity contribution in [3.05, 3.63) is 33.7 Å². The number of aromatic amines is 1. The molecule has 2 rings (SSSR count). The van der Waals surface area contributed by atoms with Crippen molar-refractivity contribution in [3.63, 3.8) is 0 Å². The number of aryl methyl sites for hydroxylation is 1. The zero-order valence-electron chi connectivity index (χ0n) is 10.3. The first-order valence-electron chi connectivity index (χ1n) is 6.19. The maximum absolute atomic E-state index is 11.9. The highest BCUT2D eigenvalue weighted by molar-refractivity contribution is 9.09. The van der Waals surface area contributed by atoms with Crippen LogP contribution in [0.5, 0.6) is 0 Å². The predicted molar refractivity (Wildman–Crippen MR) is 74.2 cm³/mol. The van der Waals surface area contributed by atoms with Gasteiger partial charge in [-0.05, 0) is 25.7 Å². The molecule has 0 aliphatic heterocycles. The van der Waals surface area contributed by atoms with Crippen LogP contribution in [-0.2, 0) is 0 Å². The van der Waals surface area contributed by atoms with Gasteiger partial charge in [-0.2, -0.15) is 0 Å². The molecule has 1 aromatic rings. The number of carbonyl (C=O) groups excluding carboxylic acids is 1. The summed E-state index contributed by atoms with van der Waals surface area (Å²) in [6.07, 6.45) is 4.96. The number of alkyl halides is 1. The molecule has 0 bridgehead atoms. The lowest BCUT2D eigenvalue weighted by Gasteiger charge is -2.14. The summed E-state index contributed by atoms with van der Waals surface area (Å²) in [5, 5.41) is 2.84. The van der Waals surface area contributed by atoms with Gasteiger partial charge in [0.15, 0.2) is 5.43 Å². The first-order chi connectivity index (χ1) is 8.58. The number of aromatic nitrogens is 1. The standard InChI is InChI=1S/C13H17BrN2O2/c1-8-5-12(17)10(7-15-8)13(18)16-6-9-3-2-4-11(9)14/h5,7,9,11H,2-4,6H2,1H3,(H,15,17)(H,16,18). The molecule has 1 amide bonds. The SMILES string of the molecule is Cc1cc(=O)c(C(=O)NCC2CCCC2Br)c[nH]1. The second-order valence-corrected chi connectivity index (χ2v) is 5.99. The van der Waals surface area contributed by atoms with Crippen molar-refractivity contribution in [1.82, 2.24) is 10.3 Å². The third kappa shape index (κ3) is 3.02. The summed E-state index contributed by atoms with van der Waals surface area (Å²) in [5.74, 6) is 0.182. The van der Waals surface area contributed by atoms with E-state index in [0.717, 1.165) is 18.5 Å². The Balaban J connectivity index is 1.97. The van der Waals surface area contributed by atoms with Gasteiger partial charge in [-0.25, -0.2) is 0 Å². The Morgan fingerprint density at radius 3 is 2.94 bits per heavy atom. The molecule has 1 aliphatic rings. The van der Waals surface area contributed by atoms with Crippen LogP contribution in [0.4, 0.5) is 0 Å². The highest BCUT2D eigenvalue weighted by atomic mass is 79.9. The zero-order chi connectivity index (χ0) is 13.1. The Labute approximate surface area is 114 Å². The molecule has 2 atom stereocenters. The van der Waals surface area contributed by atoms with E-state index in [-0.39, 0.29) is 16.9 Å². The van der Waals surface area contributed by atoms with Gasteiger partial charge < -0.3 is 10.3 Å². The Bertz CT molecular complexity index is 498. The molecule has 2 N–H and O–H groups in total. The number of carbonyl (C=O) groups is 1. The van der Waals surface area contributed by atoms with Crippen LogP contribution in [0.25, 0.3) is 0 Å².